The summed E-state index contributed by atoms with van der Waals surface area (Å²) in [6, 6.07) is 0. The van der Waals surface area contributed by atoms with E-state index >= 15 is 0 Å². The van der Waals surface area contributed by atoms with E-state index in [9.17, 15) is 0 Å². The minimum absolute atomic E-state index is 0. The zero-order valence-electron chi connectivity index (χ0n) is 15.6. The zero-order valence-corrected chi connectivity index (χ0v) is 18.0. The molecule has 2 fully saturated rings. The SMILES string of the molecule is CCOC(CCNC(=NC)N(C)CC1CCOC1)C1CCCC1.I. The van der Waals surface area contributed by atoms with Gasteiger partial charge in [0.15, 0.2) is 5.96 Å². The second-order valence-electron chi connectivity index (χ2n) is 6.91. The maximum atomic E-state index is 6.00. The van der Waals surface area contributed by atoms with Gasteiger partial charge < -0.3 is 19.7 Å². The van der Waals surface area contributed by atoms with Crippen LogP contribution in [0.4, 0.5) is 0 Å². The number of hydrogen-bond acceptors (Lipinski definition) is 3. The summed E-state index contributed by atoms with van der Waals surface area (Å²) in [5.41, 5.74) is 0. The smallest absolute Gasteiger partial charge is 0.193 e. The quantitative estimate of drug-likeness (QED) is 0.349. The fourth-order valence-electron chi connectivity index (χ4n) is 3.91. The van der Waals surface area contributed by atoms with E-state index in [0.29, 0.717) is 12.0 Å². The van der Waals surface area contributed by atoms with Gasteiger partial charge in [-0.15, -0.1) is 24.0 Å². The van der Waals surface area contributed by atoms with Gasteiger partial charge in [-0.2, -0.15) is 0 Å². The van der Waals surface area contributed by atoms with Crippen LogP contribution in [0.25, 0.3) is 0 Å². The van der Waals surface area contributed by atoms with Gasteiger partial charge in [-0.05, 0) is 38.5 Å². The van der Waals surface area contributed by atoms with Crippen LogP contribution in [0.15, 0.2) is 4.99 Å². The molecule has 0 bridgehead atoms. The Bertz CT molecular complexity index is 356. The number of hydrogen-bond donors (Lipinski definition) is 1. The van der Waals surface area contributed by atoms with E-state index < -0.39 is 0 Å². The second-order valence-corrected chi connectivity index (χ2v) is 6.91. The molecule has 2 aliphatic rings. The highest BCUT2D eigenvalue weighted by Gasteiger charge is 2.25. The number of nitrogens with zero attached hydrogens (tertiary/aromatic N) is 2. The first-order valence-corrected chi connectivity index (χ1v) is 9.35. The molecule has 6 heteroatoms. The third-order valence-corrected chi connectivity index (χ3v) is 5.15. The van der Waals surface area contributed by atoms with Crippen LogP contribution in [0.5, 0.6) is 0 Å². The lowest BCUT2D eigenvalue weighted by molar-refractivity contribution is 0.0169. The summed E-state index contributed by atoms with van der Waals surface area (Å²) < 4.78 is 11.5. The molecule has 0 radical (unpaired) electrons. The van der Waals surface area contributed by atoms with Crippen molar-refractivity contribution in [1.29, 1.82) is 0 Å². The van der Waals surface area contributed by atoms with Gasteiger partial charge in [0, 0.05) is 46.3 Å². The van der Waals surface area contributed by atoms with Crippen molar-refractivity contribution in [3.05, 3.63) is 0 Å². The molecule has 1 aliphatic heterocycles. The maximum Gasteiger partial charge on any atom is 0.193 e. The Morgan fingerprint density at radius 3 is 2.67 bits per heavy atom. The Balaban J connectivity index is 0.00000288. The van der Waals surface area contributed by atoms with Crippen molar-refractivity contribution in [1.82, 2.24) is 10.2 Å². The molecule has 0 aromatic heterocycles. The van der Waals surface area contributed by atoms with Crippen LogP contribution in [-0.4, -0.2) is 64.0 Å². The summed E-state index contributed by atoms with van der Waals surface area (Å²) >= 11 is 0. The Labute approximate surface area is 165 Å². The molecule has 1 aliphatic carbocycles. The third kappa shape index (κ3) is 7.04. The number of rotatable bonds is 8. The molecule has 2 rings (SSSR count). The molecular formula is C18H36IN3O2. The van der Waals surface area contributed by atoms with Crippen molar-refractivity contribution in [2.75, 3.05) is 47.0 Å². The van der Waals surface area contributed by atoms with Crippen molar-refractivity contribution in [3.63, 3.8) is 0 Å². The molecule has 142 valence electrons. The largest absolute Gasteiger partial charge is 0.381 e. The summed E-state index contributed by atoms with van der Waals surface area (Å²) in [6.45, 7) is 6.65. The molecule has 1 heterocycles. The van der Waals surface area contributed by atoms with Crippen molar-refractivity contribution in [2.45, 2.75) is 51.6 Å². The predicted octanol–water partition coefficient (Wildman–Crippen LogP) is 3.13. The van der Waals surface area contributed by atoms with Crippen molar-refractivity contribution < 1.29 is 9.47 Å². The van der Waals surface area contributed by atoms with Crippen LogP contribution in [0.2, 0.25) is 0 Å². The Hall–Kier alpha value is -0.0800. The topological polar surface area (TPSA) is 46.1 Å². The van der Waals surface area contributed by atoms with E-state index in [1.807, 2.05) is 7.05 Å². The minimum Gasteiger partial charge on any atom is -0.381 e. The van der Waals surface area contributed by atoms with Gasteiger partial charge in [-0.1, -0.05) is 12.8 Å². The lowest BCUT2D eigenvalue weighted by atomic mass is 9.98. The van der Waals surface area contributed by atoms with Crippen LogP contribution in [0.1, 0.15) is 45.4 Å². The molecule has 5 nitrogen and oxygen atoms in total. The van der Waals surface area contributed by atoms with Crippen molar-refractivity contribution >= 4 is 29.9 Å². The number of nitrogens with one attached hydrogen (secondary N) is 1. The molecule has 1 saturated carbocycles. The number of ether oxygens (including phenoxy) is 2. The fourth-order valence-corrected chi connectivity index (χ4v) is 3.91. The number of halogens is 1. The fraction of sp³-hybridized carbons (Fsp3) is 0.944. The highest BCUT2D eigenvalue weighted by atomic mass is 127. The average Bonchev–Trinajstić information content (AvgIpc) is 3.23. The first-order valence-electron chi connectivity index (χ1n) is 9.35. The Morgan fingerprint density at radius 2 is 2.08 bits per heavy atom. The van der Waals surface area contributed by atoms with Crippen LogP contribution in [-0.2, 0) is 9.47 Å². The molecule has 2 unspecified atom stereocenters. The molecule has 0 aromatic rings. The Kier molecular flexibility index (Phi) is 11.3. The first kappa shape index (κ1) is 22.0. The summed E-state index contributed by atoms with van der Waals surface area (Å²) in [7, 11) is 3.98. The van der Waals surface area contributed by atoms with Gasteiger partial charge in [0.25, 0.3) is 0 Å². The average molecular weight is 453 g/mol. The maximum absolute atomic E-state index is 6.00. The molecule has 0 spiro atoms. The van der Waals surface area contributed by atoms with Gasteiger partial charge >= 0.3 is 0 Å². The molecule has 1 N–H and O–H groups in total. The summed E-state index contributed by atoms with van der Waals surface area (Å²) in [4.78, 5) is 6.65. The molecular weight excluding hydrogens is 417 g/mol. The van der Waals surface area contributed by atoms with Gasteiger partial charge in [0.05, 0.1) is 12.7 Å². The number of guanidine groups is 1. The monoisotopic (exact) mass is 453 g/mol. The highest BCUT2D eigenvalue weighted by Crippen LogP contribution is 2.30. The zero-order chi connectivity index (χ0) is 16.5. The van der Waals surface area contributed by atoms with E-state index in [0.717, 1.165) is 57.6 Å². The van der Waals surface area contributed by atoms with Gasteiger partial charge in [-0.3, -0.25) is 4.99 Å². The Morgan fingerprint density at radius 1 is 1.33 bits per heavy atom. The molecule has 0 amide bonds. The highest BCUT2D eigenvalue weighted by molar-refractivity contribution is 14.0. The standard InChI is InChI=1S/C18H35N3O2.HI/c1-4-23-17(16-7-5-6-8-16)9-11-20-18(19-2)21(3)13-15-10-12-22-14-15;/h15-17H,4-14H2,1-3H3,(H,19,20);1H. The lowest BCUT2D eigenvalue weighted by Gasteiger charge is -2.27. The summed E-state index contributed by atoms with van der Waals surface area (Å²) in [5.74, 6) is 2.37. The van der Waals surface area contributed by atoms with Gasteiger partial charge in [0.2, 0.25) is 0 Å². The first-order chi connectivity index (χ1) is 11.2. The molecule has 0 aromatic carbocycles. The molecule has 2 atom stereocenters. The van der Waals surface area contributed by atoms with Crippen LogP contribution < -0.4 is 5.32 Å². The van der Waals surface area contributed by atoms with E-state index in [2.05, 4.69) is 29.2 Å². The molecule has 24 heavy (non-hydrogen) atoms. The van der Waals surface area contributed by atoms with Gasteiger partial charge in [0.1, 0.15) is 0 Å². The third-order valence-electron chi connectivity index (χ3n) is 5.15. The van der Waals surface area contributed by atoms with E-state index in [4.69, 9.17) is 9.47 Å². The van der Waals surface area contributed by atoms with Crippen LogP contribution >= 0.6 is 24.0 Å². The minimum atomic E-state index is 0. The van der Waals surface area contributed by atoms with E-state index in [1.54, 1.807) is 0 Å². The van der Waals surface area contributed by atoms with E-state index in [1.165, 1.54) is 25.7 Å². The van der Waals surface area contributed by atoms with Crippen molar-refractivity contribution in [3.8, 4) is 0 Å². The summed E-state index contributed by atoms with van der Waals surface area (Å²) in [5, 5.41) is 3.51. The van der Waals surface area contributed by atoms with Crippen molar-refractivity contribution in [2.24, 2.45) is 16.8 Å². The van der Waals surface area contributed by atoms with E-state index in [-0.39, 0.29) is 24.0 Å². The van der Waals surface area contributed by atoms with Crippen LogP contribution in [0, 0.1) is 11.8 Å². The number of aliphatic imine (C=N–C) groups is 1. The summed E-state index contributed by atoms with van der Waals surface area (Å²) in [6.07, 6.45) is 8.04. The normalized spacial score (nSPS) is 23.1. The predicted molar refractivity (Wildman–Crippen MR) is 110 cm³/mol. The lowest BCUT2D eigenvalue weighted by Crippen LogP contribution is -2.42. The van der Waals surface area contributed by atoms with Gasteiger partial charge in [-0.25, -0.2) is 0 Å². The molecule has 1 saturated heterocycles. The second kappa shape index (κ2) is 12.3. The van der Waals surface area contributed by atoms with Crippen LogP contribution in [0.3, 0.4) is 0 Å².